The van der Waals surface area contributed by atoms with Gasteiger partial charge >= 0.3 is 0 Å². The highest BCUT2D eigenvalue weighted by molar-refractivity contribution is 5.61. The molecule has 1 aromatic rings. The number of rotatable bonds is 3. The van der Waals surface area contributed by atoms with Crippen molar-refractivity contribution in [2.75, 3.05) is 11.1 Å². The van der Waals surface area contributed by atoms with Crippen molar-refractivity contribution in [2.24, 2.45) is 0 Å². The van der Waals surface area contributed by atoms with Crippen LogP contribution in [0, 0.1) is 10.1 Å². The molecule has 1 fully saturated rings. The zero-order valence-corrected chi connectivity index (χ0v) is 10.0. The number of hydrogen-bond acceptors (Lipinski definition) is 5. The zero-order chi connectivity index (χ0) is 13.1. The second kappa shape index (κ2) is 5.22. The highest BCUT2D eigenvalue weighted by Crippen LogP contribution is 2.26. The minimum Gasteiger partial charge on any atom is -0.398 e. The average molecular weight is 251 g/mol. The minimum absolute atomic E-state index is 0.0391. The third-order valence-corrected chi connectivity index (χ3v) is 3.23. The van der Waals surface area contributed by atoms with Crippen molar-refractivity contribution in [2.45, 2.75) is 37.8 Å². The van der Waals surface area contributed by atoms with Gasteiger partial charge in [0.1, 0.15) is 0 Å². The molecule has 0 bridgehead atoms. The normalized spacial score (nSPS) is 23.6. The molecule has 6 nitrogen and oxygen atoms in total. The topological polar surface area (TPSA) is 101 Å². The second-order valence-electron chi connectivity index (χ2n) is 4.67. The summed E-state index contributed by atoms with van der Waals surface area (Å²) < 4.78 is 0. The number of aliphatic hydroxyl groups excluding tert-OH is 1. The van der Waals surface area contributed by atoms with Gasteiger partial charge in [0.05, 0.1) is 17.1 Å². The van der Waals surface area contributed by atoms with Crippen molar-refractivity contribution in [3.05, 3.63) is 28.3 Å². The van der Waals surface area contributed by atoms with Gasteiger partial charge in [-0.25, -0.2) is 0 Å². The molecule has 0 amide bonds. The fraction of sp³-hybridized carbons (Fsp3) is 0.500. The monoisotopic (exact) mass is 251 g/mol. The van der Waals surface area contributed by atoms with E-state index in [1.54, 1.807) is 6.07 Å². The lowest BCUT2D eigenvalue weighted by molar-refractivity contribution is -0.384. The Kier molecular flexibility index (Phi) is 3.66. The summed E-state index contributed by atoms with van der Waals surface area (Å²) in [6.45, 7) is 0. The molecule has 1 aromatic carbocycles. The number of anilines is 2. The molecule has 6 heteroatoms. The third-order valence-electron chi connectivity index (χ3n) is 3.23. The lowest BCUT2D eigenvalue weighted by atomic mass is 9.92. The molecular formula is C12H17N3O3. The number of nitrogens with two attached hydrogens (primary N) is 1. The van der Waals surface area contributed by atoms with Crippen LogP contribution in [0.1, 0.15) is 25.7 Å². The van der Waals surface area contributed by atoms with Crippen LogP contribution in [0.4, 0.5) is 17.1 Å². The number of hydrogen-bond donors (Lipinski definition) is 3. The lowest BCUT2D eigenvalue weighted by Crippen LogP contribution is -2.36. The van der Waals surface area contributed by atoms with E-state index in [-0.39, 0.29) is 11.7 Å². The minimum atomic E-state index is -0.473. The summed E-state index contributed by atoms with van der Waals surface area (Å²) in [4.78, 5) is 10.3. The maximum Gasteiger partial charge on any atom is 0.273 e. The molecule has 0 aliphatic heterocycles. The smallest absolute Gasteiger partial charge is 0.273 e. The summed E-state index contributed by atoms with van der Waals surface area (Å²) >= 11 is 0. The fourth-order valence-corrected chi connectivity index (χ4v) is 2.32. The van der Waals surface area contributed by atoms with E-state index < -0.39 is 11.0 Å². The van der Waals surface area contributed by atoms with E-state index in [2.05, 4.69) is 5.32 Å². The van der Waals surface area contributed by atoms with Crippen LogP contribution < -0.4 is 11.1 Å². The molecule has 1 saturated carbocycles. The maximum atomic E-state index is 10.7. The highest BCUT2D eigenvalue weighted by Gasteiger charge is 2.23. The maximum absolute atomic E-state index is 10.7. The van der Waals surface area contributed by atoms with Gasteiger partial charge in [-0.2, -0.15) is 0 Å². The van der Waals surface area contributed by atoms with Crippen LogP contribution in [-0.2, 0) is 0 Å². The van der Waals surface area contributed by atoms with Gasteiger partial charge in [-0.15, -0.1) is 0 Å². The number of benzene rings is 1. The molecule has 98 valence electrons. The Balaban J connectivity index is 2.15. The Morgan fingerprint density at radius 1 is 1.33 bits per heavy atom. The molecule has 2 atom stereocenters. The summed E-state index contributed by atoms with van der Waals surface area (Å²) in [5, 5.41) is 23.7. The number of nitrogens with zero attached hydrogens (tertiary/aromatic N) is 1. The van der Waals surface area contributed by atoms with E-state index in [4.69, 9.17) is 5.73 Å². The standard InChI is InChI=1S/C12H17N3O3/c13-8-5-9(7-10(6-8)15(17)18)14-11-3-1-2-4-12(11)16/h5-7,11-12,14,16H,1-4,13H2. The van der Waals surface area contributed by atoms with E-state index >= 15 is 0 Å². The number of nitrogens with one attached hydrogen (secondary N) is 1. The first kappa shape index (κ1) is 12.6. The van der Waals surface area contributed by atoms with Gasteiger partial charge in [-0.1, -0.05) is 12.8 Å². The second-order valence-corrected chi connectivity index (χ2v) is 4.67. The van der Waals surface area contributed by atoms with Gasteiger partial charge in [0.15, 0.2) is 0 Å². The molecule has 4 N–H and O–H groups in total. The lowest BCUT2D eigenvalue weighted by Gasteiger charge is -2.29. The molecule has 1 aliphatic carbocycles. The fourth-order valence-electron chi connectivity index (χ4n) is 2.32. The Labute approximate surface area is 105 Å². The quantitative estimate of drug-likeness (QED) is 0.432. The van der Waals surface area contributed by atoms with Crippen molar-refractivity contribution in [3.8, 4) is 0 Å². The van der Waals surface area contributed by atoms with Crippen molar-refractivity contribution >= 4 is 17.1 Å². The summed E-state index contributed by atoms with van der Waals surface area (Å²) in [6.07, 6.45) is 3.31. The summed E-state index contributed by atoms with van der Waals surface area (Å²) in [7, 11) is 0. The number of nitro groups is 1. The molecule has 0 aromatic heterocycles. The van der Waals surface area contributed by atoms with Crippen LogP contribution in [0.15, 0.2) is 18.2 Å². The van der Waals surface area contributed by atoms with E-state index in [9.17, 15) is 15.2 Å². The van der Waals surface area contributed by atoms with Crippen LogP contribution in [0.5, 0.6) is 0 Å². The van der Waals surface area contributed by atoms with Crippen LogP contribution in [-0.4, -0.2) is 22.2 Å². The molecule has 0 saturated heterocycles. The molecule has 2 unspecified atom stereocenters. The predicted octanol–water partition coefficient (Wildman–Crippen LogP) is 1.89. The first-order valence-electron chi connectivity index (χ1n) is 6.06. The van der Waals surface area contributed by atoms with Gasteiger partial charge in [0.25, 0.3) is 5.69 Å². The van der Waals surface area contributed by atoms with Crippen molar-refractivity contribution < 1.29 is 10.0 Å². The summed E-state index contributed by atoms with van der Waals surface area (Å²) in [6, 6.07) is 4.36. The highest BCUT2D eigenvalue weighted by atomic mass is 16.6. The van der Waals surface area contributed by atoms with Crippen LogP contribution in [0.25, 0.3) is 0 Å². The van der Waals surface area contributed by atoms with Gasteiger partial charge in [-0.3, -0.25) is 10.1 Å². The first-order valence-corrected chi connectivity index (χ1v) is 6.06. The molecule has 1 aliphatic rings. The number of nitrogen functional groups attached to an aromatic ring is 1. The van der Waals surface area contributed by atoms with Gasteiger partial charge in [0, 0.05) is 23.5 Å². The number of non-ortho nitro benzene ring substituents is 1. The summed E-state index contributed by atoms with van der Waals surface area (Å²) in [5.41, 5.74) is 6.53. The van der Waals surface area contributed by atoms with E-state index in [1.807, 2.05) is 0 Å². The van der Waals surface area contributed by atoms with E-state index in [0.717, 1.165) is 25.7 Å². The molecule has 2 rings (SSSR count). The number of aliphatic hydroxyl groups is 1. The molecule has 0 radical (unpaired) electrons. The van der Waals surface area contributed by atoms with Crippen LogP contribution in [0.2, 0.25) is 0 Å². The predicted molar refractivity (Wildman–Crippen MR) is 69.4 cm³/mol. The Morgan fingerprint density at radius 2 is 2.06 bits per heavy atom. The van der Waals surface area contributed by atoms with Gasteiger partial charge in [0.2, 0.25) is 0 Å². The molecular weight excluding hydrogens is 234 g/mol. The Morgan fingerprint density at radius 3 is 2.72 bits per heavy atom. The SMILES string of the molecule is Nc1cc(NC2CCCCC2O)cc([N+](=O)[O-])c1. The zero-order valence-electron chi connectivity index (χ0n) is 10.0. The summed E-state index contributed by atoms with van der Waals surface area (Å²) in [5.74, 6) is 0. The number of nitro benzene ring substituents is 1. The molecule has 0 heterocycles. The molecule has 0 spiro atoms. The average Bonchev–Trinajstić information content (AvgIpc) is 2.31. The van der Waals surface area contributed by atoms with Crippen molar-refractivity contribution in [1.29, 1.82) is 0 Å². The van der Waals surface area contributed by atoms with Crippen molar-refractivity contribution in [1.82, 2.24) is 0 Å². The Bertz CT molecular complexity index is 450. The van der Waals surface area contributed by atoms with E-state index in [1.165, 1.54) is 12.1 Å². The first-order chi connectivity index (χ1) is 8.56. The van der Waals surface area contributed by atoms with E-state index in [0.29, 0.717) is 11.4 Å². The van der Waals surface area contributed by atoms with Crippen LogP contribution >= 0.6 is 0 Å². The molecule has 18 heavy (non-hydrogen) atoms. The third kappa shape index (κ3) is 2.89. The van der Waals surface area contributed by atoms with Gasteiger partial charge in [-0.05, 0) is 18.9 Å². The van der Waals surface area contributed by atoms with Gasteiger partial charge < -0.3 is 16.2 Å². The largest absolute Gasteiger partial charge is 0.398 e. The van der Waals surface area contributed by atoms with Crippen molar-refractivity contribution in [3.63, 3.8) is 0 Å². The Hall–Kier alpha value is -1.82. The van der Waals surface area contributed by atoms with Crippen LogP contribution in [0.3, 0.4) is 0 Å².